The zero-order valence-corrected chi connectivity index (χ0v) is 17.9. The van der Waals surface area contributed by atoms with Crippen LogP contribution in [0.2, 0.25) is 5.02 Å². The number of H-pyrrole nitrogens is 1. The maximum atomic E-state index is 12.0. The number of aryl methyl sites for hydroxylation is 1. The molecule has 3 rings (SSSR count). The smallest absolute Gasteiger partial charge is 0.306 e. The van der Waals surface area contributed by atoms with Crippen LogP contribution in [-0.4, -0.2) is 35.9 Å². The summed E-state index contributed by atoms with van der Waals surface area (Å²) in [7, 11) is 0. The second kappa shape index (κ2) is 10.6. The third-order valence-electron chi connectivity index (χ3n) is 4.85. The second-order valence-corrected chi connectivity index (χ2v) is 7.52. The first-order chi connectivity index (χ1) is 14.9. The molecule has 8 heteroatoms. The number of aromatic amines is 1. The summed E-state index contributed by atoms with van der Waals surface area (Å²) in [4.78, 5) is 38.9. The largest absolute Gasteiger partial charge is 0.456 e. The maximum absolute atomic E-state index is 12.0. The lowest BCUT2D eigenvalue weighted by molar-refractivity contribution is -0.148. The number of halogens is 1. The molecule has 0 unspecified atom stereocenters. The van der Waals surface area contributed by atoms with Gasteiger partial charge in [-0.15, -0.1) is 0 Å². The first kappa shape index (κ1) is 22.4. The molecule has 3 N–H and O–H groups in total. The van der Waals surface area contributed by atoms with Gasteiger partial charge in [0.25, 0.3) is 5.91 Å². The van der Waals surface area contributed by atoms with E-state index in [1.807, 2.05) is 30.5 Å². The fourth-order valence-corrected chi connectivity index (χ4v) is 3.32. The normalized spacial score (nSPS) is 10.6. The van der Waals surface area contributed by atoms with Gasteiger partial charge in [0.15, 0.2) is 6.61 Å². The van der Waals surface area contributed by atoms with Gasteiger partial charge in [0.05, 0.1) is 6.54 Å². The summed E-state index contributed by atoms with van der Waals surface area (Å²) in [6.07, 6.45) is 3.50. The number of rotatable bonds is 9. The Labute approximate surface area is 185 Å². The number of anilines is 1. The fourth-order valence-electron chi connectivity index (χ4n) is 3.15. The summed E-state index contributed by atoms with van der Waals surface area (Å²) in [6.45, 7) is 1.13. The van der Waals surface area contributed by atoms with Crippen molar-refractivity contribution < 1.29 is 19.1 Å². The number of fused-ring (bicyclic) bond motifs is 1. The van der Waals surface area contributed by atoms with Crippen molar-refractivity contribution in [2.45, 2.75) is 26.2 Å². The van der Waals surface area contributed by atoms with Crippen molar-refractivity contribution in [2.75, 3.05) is 18.5 Å². The van der Waals surface area contributed by atoms with Crippen molar-refractivity contribution in [1.82, 2.24) is 10.3 Å². The van der Waals surface area contributed by atoms with E-state index in [-0.39, 0.29) is 13.0 Å². The van der Waals surface area contributed by atoms with Crippen LogP contribution in [0.1, 0.15) is 24.0 Å². The molecule has 1 heterocycles. The molecular formula is C23H24ClN3O4. The average molecular weight is 442 g/mol. The van der Waals surface area contributed by atoms with Gasteiger partial charge in [-0.05, 0) is 49.1 Å². The summed E-state index contributed by atoms with van der Waals surface area (Å²) >= 11 is 6.02. The van der Waals surface area contributed by atoms with Crippen LogP contribution >= 0.6 is 11.6 Å². The van der Waals surface area contributed by atoms with Gasteiger partial charge in [-0.1, -0.05) is 35.9 Å². The Bertz CT molecular complexity index is 1090. The van der Waals surface area contributed by atoms with Crippen molar-refractivity contribution in [3.8, 4) is 0 Å². The van der Waals surface area contributed by atoms with Crippen molar-refractivity contribution in [3.63, 3.8) is 0 Å². The molecule has 2 amide bonds. The number of hydrogen-bond donors (Lipinski definition) is 3. The number of benzene rings is 2. The summed E-state index contributed by atoms with van der Waals surface area (Å²) in [6, 6.07) is 13.1. The Morgan fingerprint density at radius 2 is 1.87 bits per heavy atom. The molecule has 0 saturated carbocycles. The molecule has 0 spiro atoms. The molecule has 7 nitrogen and oxygen atoms in total. The molecule has 1 aromatic heterocycles. The van der Waals surface area contributed by atoms with Crippen LogP contribution in [0.15, 0.2) is 48.7 Å². The number of carbonyl (C=O) groups is 3. The summed E-state index contributed by atoms with van der Waals surface area (Å²) in [5.74, 6) is -1.39. The van der Waals surface area contributed by atoms with Crippen LogP contribution in [0, 0.1) is 6.92 Å². The molecule has 0 aliphatic rings. The van der Waals surface area contributed by atoms with Gasteiger partial charge >= 0.3 is 5.97 Å². The van der Waals surface area contributed by atoms with Crippen molar-refractivity contribution >= 4 is 46.0 Å². The quantitative estimate of drug-likeness (QED) is 0.440. The Morgan fingerprint density at radius 3 is 2.71 bits per heavy atom. The SMILES string of the molecule is Cc1c(Cl)cccc1NC(=O)CNC(=O)COC(=O)CCCc1c[nH]c2ccccc12. The number of amides is 2. The average Bonchev–Trinajstić information content (AvgIpc) is 3.17. The fraction of sp³-hybridized carbons (Fsp3) is 0.261. The molecule has 0 aliphatic carbocycles. The van der Waals surface area contributed by atoms with E-state index in [1.54, 1.807) is 25.1 Å². The third kappa shape index (κ3) is 6.33. The van der Waals surface area contributed by atoms with E-state index >= 15 is 0 Å². The highest BCUT2D eigenvalue weighted by Crippen LogP contribution is 2.22. The predicted molar refractivity (Wildman–Crippen MR) is 120 cm³/mol. The van der Waals surface area contributed by atoms with E-state index in [9.17, 15) is 14.4 Å². The van der Waals surface area contributed by atoms with E-state index in [2.05, 4.69) is 15.6 Å². The number of nitrogens with one attached hydrogen (secondary N) is 3. The van der Waals surface area contributed by atoms with Crippen LogP contribution < -0.4 is 10.6 Å². The lowest BCUT2D eigenvalue weighted by Gasteiger charge is -2.10. The zero-order chi connectivity index (χ0) is 22.2. The van der Waals surface area contributed by atoms with Gasteiger partial charge in [0, 0.05) is 34.2 Å². The number of carbonyl (C=O) groups excluding carboxylic acids is 3. The summed E-state index contributed by atoms with van der Waals surface area (Å²) in [5.41, 5.74) is 3.52. The Kier molecular flexibility index (Phi) is 7.67. The number of ether oxygens (including phenoxy) is 1. The van der Waals surface area contributed by atoms with Crippen molar-refractivity contribution in [1.29, 1.82) is 0 Å². The van der Waals surface area contributed by atoms with Crippen molar-refractivity contribution in [2.24, 2.45) is 0 Å². The number of para-hydroxylation sites is 1. The van der Waals surface area contributed by atoms with Gasteiger partial charge in [-0.25, -0.2) is 0 Å². The topological polar surface area (TPSA) is 100 Å². The first-order valence-corrected chi connectivity index (χ1v) is 10.3. The van der Waals surface area contributed by atoms with Gasteiger partial charge < -0.3 is 20.4 Å². The third-order valence-corrected chi connectivity index (χ3v) is 5.26. The summed E-state index contributed by atoms with van der Waals surface area (Å²) < 4.78 is 4.99. The van der Waals surface area contributed by atoms with Gasteiger partial charge in [0.1, 0.15) is 0 Å². The monoisotopic (exact) mass is 441 g/mol. The molecule has 0 saturated heterocycles. The van der Waals surface area contributed by atoms with E-state index in [0.29, 0.717) is 17.1 Å². The summed E-state index contributed by atoms with van der Waals surface area (Å²) in [5, 5.41) is 6.78. The molecule has 0 atom stereocenters. The van der Waals surface area contributed by atoms with Crippen LogP contribution in [0.5, 0.6) is 0 Å². The van der Waals surface area contributed by atoms with Crippen molar-refractivity contribution in [3.05, 3.63) is 64.8 Å². The minimum Gasteiger partial charge on any atom is -0.456 e. The van der Waals surface area contributed by atoms with E-state index < -0.39 is 24.4 Å². The molecule has 3 aromatic rings. The van der Waals surface area contributed by atoms with Crippen LogP contribution in [-0.2, 0) is 25.5 Å². The molecule has 162 valence electrons. The minimum absolute atomic E-state index is 0.210. The van der Waals surface area contributed by atoms with Gasteiger partial charge in [-0.2, -0.15) is 0 Å². The molecule has 31 heavy (non-hydrogen) atoms. The Morgan fingerprint density at radius 1 is 1.06 bits per heavy atom. The highest BCUT2D eigenvalue weighted by molar-refractivity contribution is 6.31. The molecule has 0 radical (unpaired) electrons. The van der Waals surface area contributed by atoms with Crippen LogP contribution in [0.3, 0.4) is 0 Å². The second-order valence-electron chi connectivity index (χ2n) is 7.11. The van der Waals surface area contributed by atoms with E-state index in [0.717, 1.165) is 28.5 Å². The van der Waals surface area contributed by atoms with Crippen LogP contribution in [0.25, 0.3) is 10.9 Å². The lowest BCUT2D eigenvalue weighted by Crippen LogP contribution is -2.35. The molecule has 2 aromatic carbocycles. The van der Waals surface area contributed by atoms with Crippen LogP contribution in [0.4, 0.5) is 5.69 Å². The zero-order valence-electron chi connectivity index (χ0n) is 17.2. The Balaban J connectivity index is 1.33. The maximum Gasteiger partial charge on any atom is 0.306 e. The minimum atomic E-state index is -0.539. The molecular weight excluding hydrogens is 418 g/mol. The predicted octanol–water partition coefficient (Wildman–Crippen LogP) is 3.75. The van der Waals surface area contributed by atoms with Gasteiger partial charge in [0.2, 0.25) is 5.91 Å². The molecule has 0 bridgehead atoms. The van der Waals surface area contributed by atoms with Gasteiger partial charge in [-0.3, -0.25) is 14.4 Å². The van der Waals surface area contributed by atoms with E-state index in [1.165, 1.54) is 0 Å². The first-order valence-electron chi connectivity index (χ1n) is 9.96. The number of aromatic nitrogens is 1. The lowest BCUT2D eigenvalue weighted by atomic mass is 10.1. The highest BCUT2D eigenvalue weighted by atomic mass is 35.5. The standard InChI is InChI=1S/C23H24ClN3O4/c1-15-18(24)8-5-10-19(15)27-21(28)13-26-22(29)14-31-23(30)11-4-6-16-12-25-20-9-3-2-7-17(16)20/h2-3,5,7-10,12,25H,4,6,11,13-14H2,1H3,(H,26,29)(H,27,28). The number of esters is 1. The molecule has 0 aliphatic heterocycles. The highest BCUT2D eigenvalue weighted by Gasteiger charge is 2.11. The Hall–Kier alpha value is -3.32. The number of hydrogen-bond acceptors (Lipinski definition) is 4. The molecule has 0 fully saturated rings. The van der Waals surface area contributed by atoms with E-state index in [4.69, 9.17) is 16.3 Å².